The van der Waals surface area contributed by atoms with Crippen LogP contribution in [0.25, 0.3) is 0 Å². The molecule has 19 heavy (non-hydrogen) atoms. The van der Waals surface area contributed by atoms with Crippen LogP contribution >= 0.6 is 43.2 Å². The lowest BCUT2D eigenvalue weighted by Gasteiger charge is -2.13. The third kappa shape index (κ3) is 4.11. The van der Waals surface area contributed by atoms with Crippen LogP contribution in [-0.4, -0.2) is 22.3 Å². The number of aromatic nitrogens is 1. The topological polar surface area (TPSA) is 69.0 Å². The van der Waals surface area contributed by atoms with E-state index in [1.54, 1.807) is 13.1 Å². The molecule has 0 radical (unpaired) electrons. The zero-order chi connectivity index (χ0) is 14.0. The molecule has 0 bridgehead atoms. The maximum Gasteiger partial charge on any atom is 0.160 e. The summed E-state index contributed by atoms with van der Waals surface area (Å²) in [7, 11) is 0. The number of nitrogens with zero attached hydrogens (tertiary/aromatic N) is 1. The van der Waals surface area contributed by atoms with Gasteiger partial charge in [0.05, 0.1) is 4.88 Å². The van der Waals surface area contributed by atoms with E-state index in [9.17, 15) is 5.11 Å². The molecular formula is C12H15Br2N3OS. The smallest absolute Gasteiger partial charge is 0.160 e. The zero-order valence-electron chi connectivity index (χ0n) is 10.4. The minimum absolute atomic E-state index is 0.354. The molecule has 1 aromatic rings. The van der Waals surface area contributed by atoms with Crippen molar-refractivity contribution in [3.8, 4) is 0 Å². The molecule has 1 aromatic heterocycles. The maximum absolute atomic E-state index is 10.4. The van der Waals surface area contributed by atoms with Gasteiger partial charge in [0, 0.05) is 24.0 Å². The number of hydrogen-bond donors (Lipinski definition) is 3. The second-order valence-electron chi connectivity index (χ2n) is 4.60. The van der Waals surface area contributed by atoms with E-state index in [4.69, 9.17) is 5.41 Å². The van der Waals surface area contributed by atoms with Crippen molar-refractivity contribution >= 4 is 48.9 Å². The van der Waals surface area contributed by atoms with Crippen LogP contribution < -0.4 is 5.32 Å². The normalized spacial score (nSPS) is 17.4. The summed E-state index contributed by atoms with van der Waals surface area (Å²) in [6, 6.07) is 0. The summed E-state index contributed by atoms with van der Waals surface area (Å²) < 4.78 is 1.33. The zero-order valence-corrected chi connectivity index (χ0v) is 14.4. The van der Waals surface area contributed by atoms with E-state index in [-0.39, 0.29) is 0 Å². The fourth-order valence-electron chi connectivity index (χ4n) is 1.65. The Labute approximate surface area is 133 Å². The average molecular weight is 409 g/mol. The maximum atomic E-state index is 10.4. The average Bonchev–Trinajstić information content (AvgIpc) is 3.08. The number of aliphatic hydroxyl groups is 1. The van der Waals surface area contributed by atoms with Crippen LogP contribution in [0, 0.1) is 11.3 Å². The second-order valence-corrected chi connectivity index (χ2v) is 7.66. The summed E-state index contributed by atoms with van der Waals surface area (Å²) in [6.07, 6.45) is 3.47. The molecule has 4 nitrogen and oxygen atoms in total. The van der Waals surface area contributed by atoms with Crippen molar-refractivity contribution in [2.24, 2.45) is 5.92 Å². The molecule has 0 aliphatic heterocycles. The molecule has 1 aliphatic carbocycles. The standard InChI is InChI=1S/C12H15Br2N3OS/c1-6(15)8(5-16-4-7-2-3-7)9(18)10-11(13)17-12(14)19-10/h5,7,9,15-16,18H,2-4H2,1H3/b8-5+,15-6?. The highest BCUT2D eigenvalue weighted by Crippen LogP contribution is 2.35. The molecule has 0 spiro atoms. The largest absolute Gasteiger partial charge is 0.390 e. The van der Waals surface area contributed by atoms with Crippen LogP contribution in [0.15, 0.2) is 20.3 Å². The van der Waals surface area contributed by atoms with Crippen molar-refractivity contribution in [1.82, 2.24) is 10.3 Å². The van der Waals surface area contributed by atoms with E-state index in [0.29, 0.717) is 24.7 Å². The second kappa shape index (κ2) is 6.47. The first-order valence-electron chi connectivity index (χ1n) is 5.97. The summed E-state index contributed by atoms with van der Waals surface area (Å²) >= 11 is 7.99. The number of hydrogen-bond acceptors (Lipinski definition) is 5. The Balaban J connectivity index is 2.12. The van der Waals surface area contributed by atoms with Gasteiger partial charge in [-0.2, -0.15) is 0 Å². The molecule has 1 unspecified atom stereocenters. The highest BCUT2D eigenvalue weighted by Gasteiger charge is 2.23. The van der Waals surface area contributed by atoms with Gasteiger partial charge in [0.1, 0.15) is 10.7 Å². The predicted octanol–water partition coefficient (Wildman–Crippen LogP) is 3.62. The van der Waals surface area contributed by atoms with Gasteiger partial charge in [-0.25, -0.2) is 4.98 Å². The lowest BCUT2D eigenvalue weighted by atomic mass is 10.1. The van der Waals surface area contributed by atoms with Gasteiger partial charge >= 0.3 is 0 Å². The molecule has 0 amide bonds. The molecule has 3 N–H and O–H groups in total. The highest BCUT2D eigenvalue weighted by molar-refractivity contribution is 9.11. The molecule has 1 heterocycles. The monoisotopic (exact) mass is 407 g/mol. The van der Waals surface area contributed by atoms with Gasteiger partial charge in [0.25, 0.3) is 0 Å². The minimum atomic E-state index is -0.831. The summed E-state index contributed by atoms with van der Waals surface area (Å²) in [6.45, 7) is 2.59. The Morgan fingerprint density at radius 1 is 1.63 bits per heavy atom. The van der Waals surface area contributed by atoms with Crippen LogP contribution in [-0.2, 0) is 0 Å². The number of aliphatic hydroxyl groups excluding tert-OH is 1. The quantitative estimate of drug-likeness (QED) is 0.629. The van der Waals surface area contributed by atoms with Crippen molar-refractivity contribution < 1.29 is 5.11 Å². The molecule has 7 heteroatoms. The van der Waals surface area contributed by atoms with E-state index in [1.807, 2.05) is 0 Å². The Hall–Kier alpha value is -0.240. The molecule has 0 aromatic carbocycles. The van der Waals surface area contributed by atoms with Crippen molar-refractivity contribution in [2.45, 2.75) is 25.9 Å². The molecule has 1 fully saturated rings. The molecule has 1 saturated carbocycles. The van der Waals surface area contributed by atoms with E-state index in [2.05, 4.69) is 42.2 Å². The van der Waals surface area contributed by atoms with Crippen molar-refractivity contribution in [3.05, 3.63) is 25.2 Å². The van der Waals surface area contributed by atoms with Crippen molar-refractivity contribution in [1.29, 1.82) is 5.41 Å². The van der Waals surface area contributed by atoms with Gasteiger partial charge in [-0.15, -0.1) is 11.3 Å². The van der Waals surface area contributed by atoms with Gasteiger partial charge in [-0.05, 0) is 57.5 Å². The third-order valence-corrected chi connectivity index (χ3v) is 5.35. The molecule has 0 saturated heterocycles. The predicted molar refractivity (Wildman–Crippen MR) is 84.7 cm³/mol. The van der Waals surface area contributed by atoms with E-state index < -0.39 is 6.10 Å². The first-order valence-corrected chi connectivity index (χ1v) is 8.38. The number of thiazole rings is 1. The third-order valence-electron chi connectivity index (χ3n) is 2.92. The fraction of sp³-hybridized carbons (Fsp3) is 0.500. The Bertz CT molecular complexity index is 511. The number of rotatable bonds is 6. The minimum Gasteiger partial charge on any atom is -0.390 e. The summed E-state index contributed by atoms with van der Waals surface area (Å²) in [5.74, 6) is 0.755. The van der Waals surface area contributed by atoms with Crippen LogP contribution in [0.3, 0.4) is 0 Å². The molecular weight excluding hydrogens is 394 g/mol. The van der Waals surface area contributed by atoms with Crippen molar-refractivity contribution in [2.75, 3.05) is 6.54 Å². The summed E-state index contributed by atoms with van der Waals surface area (Å²) in [5, 5.41) is 21.4. The van der Waals surface area contributed by atoms with Gasteiger partial charge < -0.3 is 15.8 Å². The first-order chi connectivity index (χ1) is 8.99. The van der Waals surface area contributed by atoms with Gasteiger partial charge in [-0.1, -0.05) is 0 Å². The van der Waals surface area contributed by atoms with Gasteiger partial charge in [0.2, 0.25) is 0 Å². The molecule has 2 rings (SSSR count). The number of halogens is 2. The first kappa shape index (κ1) is 15.2. The lowest BCUT2D eigenvalue weighted by Crippen LogP contribution is -2.15. The van der Waals surface area contributed by atoms with Crippen LogP contribution in [0.1, 0.15) is 30.7 Å². The fourth-order valence-corrected chi connectivity index (χ4v) is 4.03. The van der Waals surface area contributed by atoms with Crippen LogP contribution in [0.5, 0.6) is 0 Å². The van der Waals surface area contributed by atoms with Crippen LogP contribution in [0.2, 0.25) is 0 Å². The summed E-state index contributed by atoms with van der Waals surface area (Å²) in [5.41, 5.74) is 0.935. The SMILES string of the molecule is CC(=N)/C(=C\NCC1CC1)C(O)c1sc(Br)nc1Br. The molecule has 104 valence electrons. The van der Waals surface area contributed by atoms with Gasteiger partial charge in [-0.3, -0.25) is 0 Å². The van der Waals surface area contributed by atoms with E-state index >= 15 is 0 Å². The van der Waals surface area contributed by atoms with Gasteiger partial charge in [0.15, 0.2) is 3.92 Å². The lowest BCUT2D eigenvalue weighted by molar-refractivity contribution is 0.224. The van der Waals surface area contributed by atoms with E-state index in [0.717, 1.165) is 12.5 Å². The molecule has 1 aliphatic rings. The van der Waals surface area contributed by atoms with Crippen molar-refractivity contribution in [3.63, 3.8) is 0 Å². The number of nitrogens with one attached hydrogen (secondary N) is 2. The summed E-state index contributed by atoms with van der Waals surface area (Å²) in [4.78, 5) is 4.87. The highest BCUT2D eigenvalue weighted by atomic mass is 79.9. The Morgan fingerprint density at radius 2 is 2.32 bits per heavy atom. The Morgan fingerprint density at radius 3 is 2.79 bits per heavy atom. The Kier molecular flexibility index (Phi) is 5.16. The molecule has 1 atom stereocenters. The van der Waals surface area contributed by atoms with Crippen LogP contribution in [0.4, 0.5) is 0 Å². The van der Waals surface area contributed by atoms with E-state index in [1.165, 1.54) is 24.2 Å².